The van der Waals surface area contributed by atoms with Gasteiger partial charge in [-0.1, -0.05) is 29.8 Å². The van der Waals surface area contributed by atoms with Gasteiger partial charge in [0.2, 0.25) is 0 Å². The van der Waals surface area contributed by atoms with Crippen molar-refractivity contribution < 1.29 is 9.18 Å². The van der Waals surface area contributed by atoms with Crippen LogP contribution in [0.3, 0.4) is 0 Å². The summed E-state index contributed by atoms with van der Waals surface area (Å²) >= 11 is 0. The van der Waals surface area contributed by atoms with E-state index in [-0.39, 0.29) is 17.5 Å². The lowest BCUT2D eigenvalue weighted by atomic mass is 9.92. The Morgan fingerprint density at radius 3 is 2.66 bits per heavy atom. The van der Waals surface area contributed by atoms with Crippen molar-refractivity contribution in [1.82, 2.24) is 19.7 Å². The summed E-state index contributed by atoms with van der Waals surface area (Å²) in [5.41, 5.74) is 1.53. The number of para-hydroxylation sites is 1. The third-order valence-electron chi connectivity index (χ3n) is 5.47. The Hall–Kier alpha value is -3.22. The molecule has 0 aliphatic carbocycles. The molecular formula is C22H23FN4O2. The minimum atomic E-state index is -0.462. The van der Waals surface area contributed by atoms with E-state index in [0.717, 1.165) is 18.4 Å². The number of piperidine rings is 1. The van der Waals surface area contributed by atoms with Gasteiger partial charge < -0.3 is 4.90 Å². The summed E-state index contributed by atoms with van der Waals surface area (Å²) in [6.45, 7) is 3.29. The summed E-state index contributed by atoms with van der Waals surface area (Å²) in [4.78, 5) is 26.8. The van der Waals surface area contributed by atoms with Crippen LogP contribution in [-0.2, 0) is 6.42 Å². The number of H-pyrrole nitrogens is 1. The molecule has 0 spiro atoms. The second kappa shape index (κ2) is 8.03. The van der Waals surface area contributed by atoms with Crippen molar-refractivity contribution in [3.63, 3.8) is 0 Å². The van der Waals surface area contributed by atoms with Crippen molar-refractivity contribution in [2.75, 3.05) is 13.1 Å². The summed E-state index contributed by atoms with van der Waals surface area (Å²) in [5.74, 6) is 0.381. The fourth-order valence-electron chi connectivity index (χ4n) is 3.91. The van der Waals surface area contributed by atoms with Gasteiger partial charge in [0.15, 0.2) is 0 Å². The highest BCUT2D eigenvalue weighted by Crippen LogP contribution is 2.23. The van der Waals surface area contributed by atoms with Gasteiger partial charge >= 0.3 is 5.69 Å². The summed E-state index contributed by atoms with van der Waals surface area (Å²) in [5, 5.41) is 6.55. The first-order valence-electron chi connectivity index (χ1n) is 9.80. The zero-order valence-electron chi connectivity index (χ0n) is 16.3. The monoisotopic (exact) mass is 394 g/mol. The lowest BCUT2D eigenvalue weighted by molar-refractivity contribution is 0.0689. The maximum atomic E-state index is 14.2. The third kappa shape index (κ3) is 3.99. The molecular weight excluding hydrogens is 371 g/mol. The molecule has 1 aromatic heterocycles. The number of aryl methyl sites for hydroxylation is 1. The molecule has 1 N–H and O–H groups in total. The molecule has 0 unspecified atom stereocenters. The lowest BCUT2D eigenvalue weighted by Crippen LogP contribution is -2.39. The molecule has 3 aromatic rings. The highest BCUT2D eigenvalue weighted by molar-refractivity contribution is 5.94. The molecule has 7 heteroatoms. The van der Waals surface area contributed by atoms with Gasteiger partial charge in [0.25, 0.3) is 5.91 Å². The number of likely N-dealkylation sites (tertiary alicyclic amines) is 1. The summed E-state index contributed by atoms with van der Waals surface area (Å²) in [6, 6.07) is 13.8. The summed E-state index contributed by atoms with van der Waals surface area (Å²) in [7, 11) is 0. The van der Waals surface area contributed by atoms with Crippen LogP contribution in [0.2, 0.25) is 0 Å². The molecule has 1 saturated heterocycles. The number of carbonyl (C=O) groups excluding carboxylic acids is 1. The number of aromatic amines is 1. The second-order valence-corrected chi connectivity index (χ2v) is 7.54. The van der Waals surface area contributed by atoms with Crippen LogP contribution in [0.5, 0.6) is 0 Å². The maximum Gasteiger partial charge on any atom is 0.348 e. The Balaban J connectivity index is 1.44. The van der Waals surface area contributed by atoms with Crippen molar-refractivity contribution >= 4 is 5.91 Å². The molecule has 29 heavy (non-hydrogen) atoms. The van der Waals surface area contributed by atoms with Gasteiger partial charge in [-0.3, -0.25) is 4.79 Å². The van der Waals surface area contributed by atoms with E-state index >= 15 is 0 Å². The van der Waals surface area contributed by atoms with Crippen LogP contribution < -0.4 is 5.69 Å². The molecule has 0 bridgehead atoms. The fourth-order valence-corrected chi connectivity index (χ4v) is 3.91. The SMILES string of the molecule is Cc1cccc(C(=O)N2CCC(Cc3n[nH]c(=O)n3-c3ccccc3F)CC2)c1. The number of nitrogens with zero attached hydrogens (tertiary/aromatic N) is 3. The van der Waals surface area contributed by atoms with Crippen molar-refractivity contribution in [1.29, 1.82) is 0 Å². The molecule has 150 valence electrons. The number of carbonyl (C=O) groups is 1. The molecule has 1 amide bonds. The van der Waals surface area contributed by atoms with Crippen LogP contribution in [0.4, 0.5) is 4.39 Å². The van der Waals surface area contributed by atoms with Crippen LogP contribution in [0, 0.1) is 18.7 Å². The van der Waals surface area contributed by atoms with Gasteiger partial charge in [0, 0.05) is 25.1 Å². The number of benzene rings is 2. The number of halogens is 1. The van der Waals surface area contributed by atoms with Crippen molar-refractivity contribution in [2.24, 2.45) is 5.92 Å². The van der Waals surface area contributed by atoms with Crippen molar-refractivity contribution in [3.05, 3.63) is 81.8 Å². The standard InChI is InChI=1S/C22H23FN4O2/c1-15-5-4-6-17(13-15)21(28)26-11-9-16(10-12-26)14-20-24-25-22(29)27(20)19-8-3-2-7-18(19)23/h2-8,13,16H,9-12,14H2,1H3,(H,25,29). The molecule has 6 nitrogen and oxygen atoms in total. The molecule has 0 saturated carbocycles. The highest BCUT2D eigenvalue weighted by Gasteiger charge is 2.26. The minimum absolute atomic E-state index is 0.0511. The normalized spacial score (nSPS) is 14.9. The zero-order valence-corrected chi connectivity index (χ0v) is 16.3. The number of hydrogen-bond donors (Lipinski definition) is 1. The Kier molecular flexibility index (Phi) is 5.29. The first-order valence-corrected chi connectivity index (χ1v) is 9.80. The van der Waals surface area contributed by atoms with Gasteiger partial charge in [0.1, 0.15) is 11.6 Å². The van der Waals surface area contributed by atoms with Gasteiger partial charge in [-0.25, -0.2) is 18.9 Å². The van der Waals surface area contributed by atoms with Gasteiger partial charge in [0.05, 0.1) is 5.69 Å². The molecule has 2 heterocycles. The number of rotatable bonds is 4. The topological polar surface area (TPSA) is 71.0 Å². The van der Waals surface area contributed by atoms with Crippen LogP contribution >= 0.6 is 0 Å². The number of aromatic nitrogens is 3. The van der Waals surface area contributed by atoms with Crippen LogP contribution in [0.25, 0.3) is 5.69 Å². The molecule has 0 atom stereocenters. The molecule has 4 rings (SSSR count). The second-order valence-electron chi connectivity index (χ2n) is 7.54. The van der Waals surface area contributed by atoms with Crippen LogP contribution in [-0.4, -0.2) is 38.7 Å². The molecule has 0 radical (unpaired) electrons. The van der Waals surface area contributed by atoms with Crippen LogP contribution in [0.15, 0.2) is 53.3 Å². The number of amides is 1. The predicted molar refractivity (Wildman–Crippen MR) is 108 cm³/mol. The third-order valence-corrected chi connectivity index (χ3v) is 5.47. The molecule has 1 aliphatic heterocycles. The Labute approximate surface area is 168 Å². The van der Waals surface area contributed by atoms with E-state index in [4.69, 9.17) is 0 Å². The lowest BCUT2D eigenvalue weighted by Gasteiger charge is -2.32. The molecule has 2 aromatic carbocycles. The largest absolute Gasteiger partial charge is 0.348 e. The van der Waals surface area contributed by atoms with E-state index in [1.807, 2.05) is 36.1 Å². The quantitative estimate of drug-likeness (QED) is 0.739. The van der Waals surface area contributed by atoms with E-state index < -0.39 is 11.5 Å². The maximum absolute atomic E-state index is 14.2. The smallest absolute Gasteiger partial charge is 0.339 e. The number of nitrogens with one attached hydrogen (secondary N) is 1. The average molecular weight is 394 g/mol. The van der Waals surface area contributed by atoms with Gasteiger partial charge in [-0.2, -0.15) is 5.10 Å². The minimum Gasteiger partial charge on any atom is -0.339 e. The van der Waals surface area contributed by atoms with Gasteiger partial charge in [-0.05, 0) is 49.9 Å². The zero-order chi connectivity index (χ0) is 20.4. The van der Waals surface area contributed by atoms with Crippen molar-refractivity contribution in [3.8, 4) is 5.69 Å². The molecule has 1 aliphatic rings. The number of hydrogen-bond acceptors (Lipinski definition) is 3. The first-order chi connectivity index (χ1) is 14.0. The summed E-state index contributed by atoms with van der Waals surface area (Å²) < 4.78 is 15.5. The summed E-state index contributed by atoms with van der Waals surface area (Å²) in [6.07, 6.45) is 2.19. The average Bonchev–Trinajstić information content (AvgIpc) is 3.08. The van der Waals surface area contributed by atoms with E-state index in [1.165, 1.54) is 10.6 Å². The Morgan fingerprint density at radius 2 is 1.93 bits per heavy atom. The van der Waals surface area contributed by atoms with Crippen molar-refractivity contribution in [2.45, 2.75) is 26.2 Å². The van der Waals surface area contributed by atoms with E-state index in [0.29, 0.717) is 30.9 Å². The fraction of sp³-hybridized carbons (Fsp3) is 0.318. The van der Waals surface area contributed by atoms with Crippen LogP contribution in [0.1, 0.15) is 34.6 Å². The van der Waals surface area contributed by atoms with E-state index in [9.17, 15) is 14.0 Å². The van der Waals surface area contributed by atoms with E-state index in [1.54, 1.807) is 18.2 Å². The first kappa shape index (κ1) is 19.1. The predicted octanol–water partition coefficient (Wildman–Crippen LogP) is 3.10. The Morgan fingerprint density at radius 1 is 1.17 bits per heavy atom. The van der Waals surface area contributed by atoms with Gasteiger partial charge in [-0.15, -0.1) is 0 Å². The highest BCUT2D eigenvalue weighted by atomic mass is 19.1. The molecule has 1 fully saturated rings. The Bertz CT molecular complexity index is 1080. The van der Waals surface area contributed by atoms with E-state index in [2.05, 4.69) is 10.2 Å².